The number of hydrogen-bond donors (Lipinski definition) is 0. The second-order valence-electron chi connectivity index (χ2n) is 3.97. The fourth-order valence-corrected chi connectivity index (χ4v) is 1.72. The lowest BCUT2D eigenvalue weighted by atomic mass is 9.87. The highest BCUT2D eigenvalue weighted by molar-refractivity contribution is 7.10. The molecule has 1 aromatic rings. The summed E-state index contributed by atoms with van der Waals surface area (Å²) in [5.41, 5.74) is 0.624. The Morgan fingerprint density at radius 3 is 2.33 bits per heavy atom. The van der Waals surface area contributed by atoms with Gasteiger partial charge in [0.2, 0.25) is 0 Å². The highest BCUT2D eigenvalue weighted by atomic mass is 32.1. The number of hydrogen-bond acceptors (Lipinski definition) is 2. The minimum atomic E-state index is -0.258. The predicted molar refractivity (Wildman–Crippen MR) is 52.8 cm³/mol. The standard InChI is InChI=1S/C10H14OS/c1-7-8(5-6-12-7)9(11)10(2,3)4/h5-6H,1-4H3. The Labute approximate surface area is 77.4 Å². The van der Waals surface area contributed by atoms with Gasteiger partial charge in [-0.05, 0) is 18.4 Å². The van der Waals surface area contributed by atoms with Crippen LogP contribution in [-0.2, 0) is 0 Å². The van der Waals surface area contributed by atoms with E-state index in [-0.39, 0.29) is 11.2 Å². The first-order valence-electron chi connectivity index (χ1n) is 4.02. The third-order valence-corrected chi connectivity index (χ3v) is 2.63. The van der Waals surface area contributed by atoms with Crippen molar-refractivity contribution in [3.05, 3.63) is 21.9 Å². The Kier molecular flexibility index (Phi) is 2.38. The summed E-state index contributed by atoms with van der Waals surface area (Å²) in [6.07, 6.45) is 0. The van der Waals surface area contributed by atoms with Crippen LogP contribution in [-0.4, -0.2) is 5.78 Å². The van der Waals surface area contributed by atoms with Gasteiger partial charge in [0.15, 0.2) is 5.78 Å². The van der Waals surface area contributed by atoms with Gasteiger partial charge in [-0.2, -0.15) is 0 Å². The zero-order chi connectivity index (χ0) is 9.35. The molecule has 12 heavy (non-hydrogen) atoms. The molecule has 0 unspecified atom stereocenters. The summed E-state index contributed by atoms with van der Waals surface area (Å²) in [6.45, 7) is 7.84. The fourth-order valence-electron chi connectivity index (χ4n) is 1.02. The van der Waals surface area contributed by atoms with E-state index in [1.54, 1.807) is 11.3 Å². The van der Waals surface area contributed by atoms with E-state index in [0.29, 0.717) is 0 Å². The van der Waals surface area contributed by atoms with Gasteiger partial charge >= 0.3 is 0 Å². The fraction of sp³-hybridized carbons (Fsp3) is 0.500. The summed E-state index contributed by atoms with van der Waals surface area (Å²) in [5, 5.41) is 1.97. The number of rotatable bonds is 1. The van der Waals surface area contributed by atoms with Gasteiger partial charge in [-0.15, -0.1) is 11.3 Å². The topological polar surface area (TPSA) is 17.1 Å². The van der Waals surface area contributed by atoms with Crippen molar-refractivity contribution < 1.29 is 4.79 Å². The molecule has 0 aliphatic carbocycles. The van der Waals surface area contributed by atoms with Gasteiger partial charge in [-0.3, -0.25) is 4.79 Å². The second-order valence-corrected chi connectivity index (χ2v) is 5.09. The number of Topliss-reactive ketones (excluding diaryl/α,β-unsaturated/α-hetero) is 1. The van der Waals surface area contributed by atoms with Crippen molar-refractivity contribution in [2.24, 2.45) is 5.41 Å². The van der Waals surface area contributed by atoms with E-state index in [4.69, 9.17) is 0 Å². The molecule has 0 radical (unpaired) electrons. The van der Waals surface area contributed by atoms with Crippen molar-refractivity contribution in [1.82, 2.24) is 0 Å². The Morgan fingerprint density at radius 2 is 2.00 bits per heavy atom. The lowest BCUT2D eigenvalue weighted by Gasteiger charge is -2.15. The largest absolute Gasteiger partial charge is 0.294 e. The summed E-state index contributed by atoms with van der Waals surface area (Å²) >= 11 is 1.63. The number of carbonyl (C=O) groups is 1. The molecule has 0 saturated carbocycles. The minimum Gasteiger partial charge on any atom is -0.294 e. The minimum absolute atomic E-state index is 0.237. The molecule has 2 heteroatoms. The molecular weight excluding hydrogens is 168 g/mol. The van der Waals surface area contributed by atoms with E-state index in [0.717, 1.165) is 10.4 Å². The molecule has 0 aliphatic heterocycles. The maximum atomic E-state index is 11.8. The van der Waals surface area contributed by atoms with Gasteiger partial charge in [0.05, 0.1) is 0 Å². The average molecular weight is 182 g/mol. The van der Waals surface area contributed by atoms with Gasteiger partial charge in [0.1, 0.15) is 0 Å². The maximum Gasteiger partial charge on any atom is 0.169 e. The quantitative estimate of drug-likeness (QED) is 0.609. The smallest absolute Gasteiger partial charge is 0.169 e. The molecule has 1 nitrogen and oxygen atoms in total. The summed E-state index contributed by atoms with van der Waals surface area (Å²) in [7, 11) is 0. The molecule has 0 atom stereocenters. The first kappa shape index (κ1) is 9.46. The van der Waals surface area contributed by atoms with Crippen molar-refractivity contribution in [3.63, 3.8) is 0 Å². The highest BCUT2D eigenvalue weighted by Crippen LogP contribution is 2.25. The van der Waals surface area contributed by atoms with Crippen LogP contribution in [0.1, 0.15) is 36.0 Å². The van der Waals surface area contributed by atoms with Crippen molar-refractivity contribution in [3.8, 4) is 0 Å². The number of carbonyl (C=O) groups excluding carboxylic acids is 1. The molecule has 0 bridgehead atoms. The molecule has 0 amide bonds. The van der Waals surface area contributed by atoms with Crippen LogP contribution >= 0.6 is 11.3 Å². The molecule has 1 aromatic heterocycles. The van der Waals surface area contributed by atoms with Crippen LogP contribution in [0.3, 0.4) is 0 Å². The normalized spacial score (nSPS) is 11.7. The van der Waals surface area contributed by atoms with Crippen molar-refractivity contribution >= 4 is 17.1 Å². The molecule has 1 heterocycles. The van der Waals surface area contributed by atoms with E-state index < -0.39 is 0 Å². The Balaban J connectivity index is 3.01. The molecule has 0 N–H and O–H groups in total. The molecule has 0 spiro atoms. The van der Waals surface area contributed by atoms with Crippen LogP contribution < -0.4 is 0 Å². The predicted octanol–water partition coefficient (Wildman–Crippen LogP) is 3.29. The van der Waals surface area contributed by atoms with Gasteiger partial charge in [0.25, 0.3) is 0 Å². The lowest BCUT2D eigenvalue weighted by Crippen LogP contribution is -2.20. The third-order valence-electron chi connectivity index (χ3n) is 1.78. The van der Waals surface area contributed by atoms with E-state index >= 15 is 0 Å². The first-order chi connectivity index (χ1) is 5.43. The second kappa shape index (κ2) is 3.02. The first-order valence-corrected chi connectivity index (χ1v) is 4.90. The van der Waals surface area contributed by atoms with Gasteiger partial charge in [0, 0.05) is 15.9 Å². The average Bonchev–Trinajstić information content (AvgIpc) is 2.31. The van der Waals surface area contributed by atoms with Crippen molar-refractivity contribution in [1.29, 1.82) is 0 Å². The lowest BCUT2D eigenvalue weighted by molar-refractivity contribution is 0.0858. The zero-order valence-electron chi connectivity index (χ0n) is 7.97. The van der Waals surface area contributed by atoms with Crippen LogP contribution in [0.15, 0.2) is 11.4 Å². The van der Waals surface area contributed by atoms with Crippen LogP contribution in [0.2, 0.25) is 0 Å². The highest BCUT2D eigenvalue weighted by Gasteiger charge is 2.24. The maximum absolute atomic E-state index is 11.8. The number of thiophene rings is 1. The number of ketones is 1. The van der Waals surface area contributed by atoms with E-state index in [2.05, 4.69) is 0 Å². The Hall–Kier alpha value is -0.630. The molecule has 0 saturated heterocycles. The molecule has 0 fully saturated rings. The van der Waals surface area contributed by atoms with Crippen LogP contribution in [0.25, 0.3) is 0 Å². The van der Waals surface area contributed by atoms with Gasteiger partial charge in [-0.25, -0.2) is 0 Å². The molecule has 0 aromatic carbocycles. The Morgan fingerprint density at radius 1 is 1.42 bits per heavy atom. The van der Waals surface area contributed by atoms with Gasteiger partial charge in [-0.1, -0.05) is 20.8 Å². The summed E-state index contributed by atoms with van der Waals surface area (Å²) < 4.78 is 0. The molecule has 66 valence electrons. The molecule has 0 aliphatic rings. The van der Waals surface area contributed by atoms with E-state index in [1.165, 1.54) is 0 Å². The summed E-state index contributed by atoms with van der Waals surface area (Å²) in [4.78, 5) is 12.9. The van der Waals surface area contributed by atoms with E-state index in [9.17, 15) is 4.79 Å². The third kappa shape index (κ3) is 1.75. The molecular formula is C10H14OS. The van der Waals surface area contributed by atoms with Crippen LogP contribution in [0.4, 0.5) is 0 Å². The van der Waals surface area contributed by atoms with Crippen LogP contribution in [0.5, 0.6) is 0 Å². The van der Waals surface area contributed by atoms with Crippen molar-refractivity contribution in [2.75, 3.05) is 0 Å². The summed E-state index contributed by atoms with van der Waals surface area (Å²) in [5.74, 6) is 0.237. The number of aryl methyl sites for hydroxylation is 1. The van der Waals surface area contributed by atoms with Crippen LogP contribution in [0, 0.1) is 12.3 Å². The van der Waals surface area contributed by atoms with Gasteiger partial charge < -0.3 is 0 Å². The zero-order valence-corrected chi connectivity index (χ0v) is 8.79. The summed E-state index contributed by atoms with van der Waals surface area (Å²) in [6, 6.07) is 1.91. The molecule has 1 rings (SSSR count). The SMILES string of the molecule is Cc1sccc1C(=O)C(C)(C)C. The Bertz CT molecular complexity index is 291. The van der Waals surface area contributed by atoms with E-state index in [1.807, 2.05) is 39.1 Å². The van der Waals surface area contributed by atoms with Crippen molar-refractivity contribution in [2.45, 2.75) is 27.7 Å². The monoisotopic (exact) mass is 182 g/mol.